The van der Waals surface area contributed by atoms with Crippen LogP contribution < -0.4 is 4.74 Å². The molecule has 24 heavy (non-hydrogen) atoms. The quantitative estimate of drug-likeness (QED) is 0.727. The van der Waals surface area contributed by atoms with Crippen LogP contribution in [0.4, 0.5) is 9.18 Å². The molecule has 1 aromatic rings. The molecule has 1 aromatic carbocycles. The second-order valence-electron chi connectivity index (χ2n) is 7.53. The summed E-state index contributed by atoms with van der Waals surface area (Å²) in [4.78, 5) is 26.3. The number of benzene rings is 1. The average molecular weight is 335 g/mol. The second-order valence-corrected chi connectivity index (χ2v) is 7.53. The molecule has 0 bridgehead atoms. The second kappa shape index (κ2) is 5.76. The van der Waals surface area contributed by atoms with Crippen LogP contribution in [0.25, 0.3) is 0 Å². The fourth-order valence-corrected chi connectivity index (χ4v) is 3.28. The molecule has 2 heterocycles. The molecule has 0 aliphatic carbocycles. The van der Waals surface area contributed by atoms with E-state index in [1.54, 1.807) is 4.90 Å². The third kappa shape index (κ3) is 3.37. The molecule has 3 rings (SSSR count). The van der Waals surface area contributed by atoms with E-state index in [1.807, 2.05) is 20.8 Å². The Bertz CT molecular complexity index is 682. The number of carbonyl (C=O) groups excluding carboxylic acids is 2. The van der Waals surface area contributed by atoms with Crippen molar-refractivity contribution in [2.24, 2.45) is 0 Å². The number of rotatable bonds is 0. The standard InChI is InChI=1S/C18H22FNO4/c1-17(2,3)24-16(22)20-8-4-7-18(11-20)10-14(21)13-6-5-12(19)9-15(13)23-18/h5-6,9H,4,7-8,10-11H2,1-3H3/t18-/m0/s1. The molecule has 1 spiro atoms. The van der Waals surface area contributed by atoms with Crippen LogP contribution in [0.3, 0.4) is 0 Å². The molecule has 2 aliphatic rings. The third-order valence-corrected chi connectivity index (χ3v) is 4.24. The molecule has 2 aliphatic heterocycles. The van der Waals surface area contributed by atoms with E-state index < -0.39 is 23.1 Å². The average Bonchev–Trinajstić information content (AvgIpc) is 2.44. The molecule has 0 radical (unpaired) electrons. The zero-order valence-electron chi connectivity index (χ0n) is 14.2. The molecule has 130 valence electrons. The predicted molar refractivity (Wildman–Crippen MR) is 85.7 cm³/mol. The van der Waals surface area contributed by atoms with Crippen LogP contribution in [-0.2, 0) is 4.74 Å². The van der Waals surface area contributed by atoms with Gasteiger partial charge in [0.15, 0.2) is 5.78 Å². The number of hydrogen-bond donors (Lipinski definition) is 0. The first-order valence-corrected chi connectivity index (χ1v) is 8.17. The first-order valence-electron chi connectivity index (χ1n) is 8.17. The van der Waals surface area contributed by atoms with Gasteiger partial charge in [0.2, 0.25) is 0 Å². The van der Waals surface area contributed by atoms with Crippen LogP contribution in [-0.4, -0.2) is 41.1 Å². The maximum atomic E-state index is 13.5. The van der Waals surface area contributed by atoms with E-state index in [-0.39, 0.29) is 24.5 Å². The van der Waals surface area contributed by atoms with Gasteiger partial charge in [-0.3, -0.25) is 4.79 Å². The number of amides is 1. The van der Waals surface area contributed by atoms with Gasteiger partial charge < -0.3 is 14.4 Å². The van der Waals surface area contributed by atoms with Crippen molar-refractivity contribution in [2.45, 2.75) is 51.2 Å². The zero-order chi connectivity index (χ0) is 17.5. The van der Waals surface area contributed by atoms with Gasteiger partial charge in [-0.25, -0.2) is 9.18 Å². The molecule has 6 heteroatoms. The Kier molecular flexibility index (Phi) is 4.01. The molecule has 0 aromatic heterocycles. The number of ketones is 1. The predicted octanol–water partition coefficient (Wildman–Crippen LogP) is 3.56. The van der Waals surface area contributed by atoms with Gasteiger partial charge >= 0.3 is 6.09 Å². The number of ether oxygens (including phenoxy) is 2. The van der Waals surface area contributed by atoms with E-state index in [9.17, 15) is 14.0 Å². The molecule has 1 saturated heterocycles. The highest BCUT2D eigenvalue weighted by molar-refractivity contribution is 6.00. The molecule has 5 nitrogen and oxygen atoms in total. The van der Waals surface area contributed by atoms with Gasteiger partial charge in [-0.15, -0.1) is 0 Å². The smallest absolute Gasteiger partial charge is 0.410 e. The maximum absolute atomic E-state index is 13.5. The van der Waals surface area contributed by atoms with E-state index in [1.165, 1.54) is 18.2 Å². The first kappa shape index (κ1) is 16.7. The van der Waals surface area contributed by atoms with Crippen molar-refractivity contribution in [3.63, 3.8) is 0 Å². The lowest BCUT2D eigenvalue weighted by atomic mass is 9.83. The number of hydrogen-bond acceptors (Lipinski definition) is 4. The van der Waals surface area contributed by atoms with Crippen molar-refractivity contribution in [3.8, 4) is 5.75 Å². The number of likely N-dealkylation sites (tertiary alicyclic amines) is 1. The fourth-order valence-electron chi connectivity index (χ4n) is 3.28. The first-order chi connectivity index (χ1) is 11.2. The molecule has 0 saturated carbocycles. The highest BCUT2D eigenvalue weighted by Crippen LogP contribution is 2.39. The molecule has 1 fully saturated rings. The normalized spacial score (nSPS) is 23.7. The van der Waals surface area contributed by atoms with Crippen LogP contribution in [0, 0.1) is 5.82 Å². The van der Waals surface area contributed by atoms with Gasteiger partial charge in [0.25, 0.3) is 0 Å². The highest BCUT2D eigenvalue weighted by atomic mass is 19.1. The van der Waals surface area contributed by atoms with Gasteiger partial charge in [0, 0.05) is 12.6 Å². The molecule has 0 N–H and O–H groups in total. The van der Waals surface area contributed by atoms with Gasteiger partial charge in [0.05, 0.1) is 18.5 Å². The van der Waals surface area contributed by atoms with Crippen LogP contribution in [0.1, 0.15) is 50.4 Å². The van der Waals surface area contributed by atoms with Crippen LogP contribution in [0.2, 0.25) is 0 Å². The minimum absolute atomic E-state index is 0.0812. The SMILES string of the molecule is CC(C)(C)OC(=O)N1CCC[C@]2(CC(=O)c3ccc(F)cc3O2)C1. The summed E-state index contributed by atoms with van der Waals surface area (Å²) in [7, 11) is 0. The molecular formula is C18H22FNO4. The summed E-state index contributed by atoms with van der Waals surface area (Å²) in [6.07, 6.45) is 1.12. The van der Waals surface area contributed by atoms with E-state index in [0.717, 1.165) is 0 Å². The summed E-state index contributed by atoms with van der Waals surface area (Å²) in [6.45, 7) is 6.26. The fraction of sp³-hybridized carbons (Fsp3) is 0.556. The molecule has 1 amide bonds. The molecule has 1 atom stereocenters. The van der Waals surface area contributed by atoms with E-state index in [4.69, 9.17) is 9.47 Å². The van der Waals surface area contributed by atoms with Crippen molar-refractivity contribution in [3.05, 3.63) is 29.6 Å². The van der Waals surface area contributed by atoms with Gasteiger partial charge in [-0.2, -0.15) is 0 Å². The summed E-state index contributed by atoms with van der Waals surface area (Å²) < 4.78 is 24.9. The van der Waals surface area contributed by atoms with Crippen molar-refractivity contribution in [1.82, 2.24) is 4.90 Å². The maximum Gasteiger partial charge on any atom is 0.410 e. The largest absolute Gasteiger partial charge is 0.484 e. The lowest BCUT2D eigenvalue weighted by molar-refractivity contribution is -0.0335. The zero-order valence-corrected chi connectivity index (χ0v) is 14.2. The summed E-state index contributed by atoms with van der Waals surface area (Å²) in [5, 5.41) is 0. The molecular weight excluding hydrogens is 313 g/mol. The van der Waals surface area contributed by atoms with E-state index in [0.29, 0.717) is 24.9 Å². The summed E-state index contributed by atoms with van der Waals surface area (Å²) in [5.74, 6) is -0.266. The summed E-state index contributed by atoms with van der Waals surface area (Å²) in [5.41, 5.74) is -0.982. The number of nitrogens with zero attached hydrogens (tertiary/aromatic N) is 1. The lowest BCUT2D eigenvalue weighted by Crippen LogP contribution is -2.56. The number of carbonyl (C=O) groups is 2. The molecule has 0 unspecified atom stereocenters. The Balaban J connectivity index is 1.81. The van der Waals surface area contributed by atoms with Crippen molar-refractivity contribution in [1.29, 1.82) is 0 Å². The Morgan fingerprint density at radius 3 is 2.83 bits per heavy atom. The number of Topliss-reactive ketones (excluding diaryl/α,β-unsaturated/α-hetero) is 1. The van der Waals surface area contributed by atoms with E-state index in [2.05, 4.69) is 0 Å². The summed E-state index contributed by atoms with van der Waals surface area (Å²) >= 11 is 0. The Hall–Kier alpha value is -2.11. The van der Waals surface area contributed by atoms with Crippen molar-refractivity contribution < 1.29 is 23.5 Å². The topological polar surface area (TPSA) is 55.8 Å². The number of piperidine rings is 1. The minimum Gasteiger partial charge on any atom is -0.484 e. The third-order valence-electron chi connectivity index (χ3n) is 4.24. The Morgan fingerprint density at radius 2 is 2.12 bits per heavy atom. The van der Waals surface area contributed by atoms with Crippen LogP contribution in [0.15, 0.2) is 18.2 Å². The monoisotopic (exact) mass is 335 g/mol. The van der Waals surface area contributed by atoms with Gasteiger partial charge in [-0.1, -0.05) is 0 Å². The van der Waals surface area contributed by atoms with Gasteiger partial charge in [0.1, 0.15) is 22.8 Å². The minimum atomic E-state index is -0.799. The lowest BCUT2D eigenvalue weighted by Gasteiger charge is -2.44. The van der Waals surface area contributed by atoms with Crippen LogP contribution in [0.5, 0.6) is 5.75 Å². The van der Waals surface area contributed by atoms with Gasteiger partial charge in [-0.05, 0) is 45.7 Å². The number of fused-ring (bicyclic) bond motifs is 1. The van der Waals surface area contributed by atoms with E-state index >= 15 is 0 Å². The Morgan fingerprint density at radius 1 is 1.38 bits per heavy atom. The van der Waals surface area contributed by atoms with Crippen molar-refractivity contribution in [2.75, 3.05) is 13.1 Å². The van der Waals surface area contributed by atoms with Crippen molar-refractivity contribution >= 4 is 11.9 Å². The highest BCUT2D eigenvalue weighted by Gasteiger charge is 2.45. The Labute approximate surface area is 140 Å². The summed E-state index contributed by atoms with van der Waals surface area (Å²) in [6, 6.07) is 3.95. The van der Waals surface area contributed by atoms with Crippen LogP contribution >= 0.6 is 0 Å². The number of halogens is 1.